The SMILES string of the molecule is CCc1ccc(OCn2cc(NC(=O)CCn3cc([N+](=O)[O-])c(OC)n3)cn2)cc1. The minimum Gasteiger partial charge on any atom is -0.475 e. The Bertz CT molecular complexity index is 1010. The number of hydrogen-bond donors (Lipinski definition) is 1. The lowest BCUT2D eigenvalue weighted by Gasteiger charge is -2.06. The molecule has 0 unspecified atom stereocenters. The zero-order valence-corrected chi connectivity index (χ0v) is 16.6. The first kappa shape index (κ1) is 20.8. The van der Waals surface area contributed by atoms with E-state index < -0.39 is 4.92 Å². The van der Waals surface area contributed by atoms with Crippen LogP contribution in [0.25, 0.3) is 0 Å². The van der Waals surface area contributed by atoms with Gasteiger partial charge in [0, 0.05) is 6.42 Å². The molecule has 0 fully saturated rings. The summed E-state index contributed by atoms with van der Waals surface area (Å²) >= 11 is 0. The first-order valence-corrected chi connectivity index (χ1v) is 9.28. The third kappa shape index (κ3) is 5.34. The predicted octanol–water partition coefficient (Wildman–Crippen LogP) is 2.62. The molecular formula is C19H22N6O5. The summed E-state index contributed by atoms with van der Waals surface area (Å²) in [6.45, 7) is 2.46. The normalized spacial score (nSPS) is 10.6. The van der Waals surface area contributed by atoms with Crippen molar-refractivity contribution in [2.45, 2.75) is 33.0 Å². The van der Waals surface area contributed by atoms with Gasteiger partial charge >= 0.3 is 11.6 Å². The second-order valence-corrected chi connectivity index (χ2v) is 6.38. The number of hydrogen-bond acceptors (Lipinski definition) is 7. The van der Waals surface area contributed by atoms with Crippen molar-refractivity contribution < 1.29 is 19.2 Å². The van der Waals surface area contributed by atoms with E-state index in [1.54, 1.807) is 10.9 Å². The lowest BCUT2D eigenvalue weighted by Crippen LogP contribution is -2.14. The van der Waals surface area contributed by atoms with Crippen molar-refractivity contribution >= 4 is 17.3 Å². The summed E-state index contributed by atoms with van der Waals surface area (Å²) in [6.07, 6.45) is 5.44. The summed E-state index contributed by atoms with van der Waals surface area (Å²) in [5, 5.41) is 21.7. The average Bonchev–Trinajstić information content (AvgIpc) is 3.37. The maximum atomic E-state index is 12.1. The number of aryl methyl sites for hydroxylation is 2. The van der Waals surface area contributed by atoms with Crippen LogP contribution in [0.5, 0.6) is 11.6 Å². The zero-order chi connectivity index (χ0) is 21.5. The summed E-state index contributed by atoms with van der Waals surface area (Å²) in [5.41, 5.74) is 1.51. The predicted molar refractivity (Wildman–Crippen MR) is 107 cm³/mol. The van der Waals surface area contributed by atoms with Crippen LogP contribution in [0.4, 0.5) is 11.4 Å². The molecule has 2 heterocycles. The first-order chi connectivity index (χ1) is 14.5. The van der Waals surface area contributed by atoms with Crippen LogP contribution in [0, 0.1) is 10.1 Å². The number of nitrogens with zero attached hydrogens (tertiary/aromatic N) is 5. The van der Waals surface area contributed by atoms with Crippen molar-refractivity contribution in [3.8, 4) is 11.6 Å². The number of nitrogens with one attached hydrogen (secondary N) is 1. The Kier molecular flexibility index (Phi) is 6.63. The molecule has 0 aliphatic carbocycles. The molecule has 1 amide bonds. The Balaban J connectivity index is 1.48. The standard InChI is InChI=1S/C19H22N6O5/c1-3-14-4-6-16(7-5-14)30-13-24-11-15(10-20-24)21-18(26)8-9-23-12-17(25(27)28)19(22-23)29-2/h4-7,10-12H,3,8-9,13H2,1-2H3,(H,21,26). The molecule has 158 valence electrons. The van der Waals surface area contributed by atoms with Crippen molar-refractivity contribution in [2.24, 2.45) is 0 Å². The fourth-order valence-corrected chi connectivity index (χ4v) is 2.68. The van der Waals surface area contributed by atoms with Gasteiger partial charge in [-0.3, -0.25) is 19.6 Å². The van der Waals surface area contributed by atoms with Gasteiger partial charge in [0.25, 0.3) is 0 Å². The summed E-state index contributed by atoms with van der Waals surface area (Å²) < 4.78 is 13.4. The maximum absolute atomic E-state index is 12.1. The van der Waals surface area contributed by atoms with Crippen LogP contribution >= 0.6 is 0 Å². The highest BCUT2D eigenvalue weighted by atomic mass is 16.6. The number of methoxy groups -OCH3 is 1. The van der Waals surface area contributed by atoms with Gasteiger partial charge in [-0.1, -0.05) is 19.1 Å². The van der Waals surface area contributed by atoms with Crippen LogP contribution < -0.4 is 14.8 Å². The van der Waals surface area contributed by atoms with Gasteiger partial charge in [0.1, 0.15) is 11.9 Å². The largest absolute Gasteiger partial charge is 0.475 e. The lowest BCUT2D eigenvalue weighted by molar-refractivity contribution is -0.385. The summed E-state index contributed by atoms with van der Waals surface area (Å²) in [4.78, 5) is 22.5. The Hall–Kier alpha value is -3.89. The van der Waals surface area contributed by atoms with Crippen LogP contribution in [0.1, 0.15) is 18.9 Å². The fourth-order valence-electron chi connectivity index (χ4n) is 2.68. The van der Waals surface area contributed by atoms with Crippen LogP contribution in [0.2, 0.25) is 0 Å². The third-order valence-electron chi connectivity index (χ3n) is 4.28. The molecule has 11 nitrogen and oxygen atoms in total. The van der Waals surface area contributed by atoms with Crippen molar-refractivity contribution in [3.05, 3.63) is 58.5 Å². The Labute approximate surface area is 172 Å². The number of carbonyl (C=O) groups is 1. The zero-order valence-electron chi connectivity index (χ0n) is 16.6. The second kappa shape index (κ2) is 9.54. The molecule has 30 heavy (non-hydrogen) atoms. The van der Waals surface area contributed by atoms with Crippen LogP contribution in [0.15, 0.2) is 42.9 Å². The number of anilines is 1. The van der Waals surface area contributed by atoms with E-state index in [1.165, 1.54) is 29.7 Å². The summed E-state index contributed by atoms with van der Waals surface area (Å²) in [6, 6.07) is 7.82. The summed E-state index contributed by atoms with van der Waals surface area (Å²) in [5.74, 6) is 0.366. The lowest BCUT2D eigenvalue weighted by atomic mass is 10.2. The van der Waals surface area contributed by atoms with E-state index in [1.807, 2.05) is 24.3 Å². The van der Waals surface area contributed by atoms with E-state index in [0.717, 1.165) is 12.2 Å². The second-order valence-electron chi connectivity index (χ2n) is 6.38. The van der Waals surface area contributed by atoms with E-state index in [2.05, 4.69) is 22.4 Å². The van der Waals surface area contributed by atoms with Gasteiger partial charge in [-0.15, -0.1) is 5.10 Å². The Morgan fingerprint density at radius 3 is 2.63 bits per heavy atom. The Morgan fingerprint density at radius 2 is 2.00 bits per heavy atom. The molecule has 0 aliphatic rings. The molecule has 1 N–H and O–H groups in total. The van der Waals surface area contributed by atoms with Crippen LogP contribution in [-0.2, 0) is 24.5 Å². The third-order valence-corrected chi connectivity index (χ3v) is 4.28. The van der Waals surface area contributed by atoms with Crippen LogP contribution in [0.3, 0.4) is 0 Å². The molecule has 1 aromatic carbocycles. The quantitative estimate of drug-likeness (QED) is 0.399. The highest BCUT2D eigenvalue weighted by Gasteiger charge is 2.20. The molecule has 0 radical (unpaired) electrons. The molecule has 0 aliphatic heterocycles. The molecule has 3 rings (SSSR count). The van der Waals surface area contributed by atoms with Gasteiger partial charge in [0.05, 0.1) is 36.7 Å². The van der Waals surface area contributed by atoms with E-state index >= 15 is 0 Å². The monoisotopic (exact) mass is 414 g/mol. The average molecular weight is 414 g/mol. The minimum atomic E-state index is -0.586. The highest BCUT2D eigenvalue weighted by molar-refractivity contribution is 5.90. The fraction of sp³-hybridized carbons (Fsp3) is 0.316. The molecule has 11 heteroatoms. The van der Waals surface area contributed by atoms with E-state index in [-0.39, 0.29) is 37.2 Å². The molecule has 0 saturated carbocycles. The van der Waals surface area contributed by atoms with Gasteiger partial charge < -0.3 is 14.8 Å². The molecule has 0 saturated heterocycles. The molecule has 0 bridgehead atoms. The van der Waals surface area contributed by atoms with Crippen molar-refractivity contribution in [1.29, 1.82) is 0 Å². The van der Waals surface area contributed by atoms with Crippen molar-refractivity contribution in [3.63, 3.8) is 0 Å². The molecule has 0 atom stereocenters. The molecule has 3 aromatic rings. The topological polar surface area (TPSA) is 126 Å². The first-order valence-electron chi connectivity index (χ1n) is 9.28. The number of rotatable bonds is 10. The minimum absolute atomic E-state index is 0.0768. The van der Waals surface area contributed by atoms with E-state index in [0.29, 0.717) is 5.69 Å². The number of benzene rings is 1. The molecule has 0 spiro atoms. The highest BCUT2D eigenvalue weighted by Crippen LogP contribution is 2.24. The van der Waals surface area contributed by atoms with Gasteiger partial charge in [-0.25, -0.2) is 4.68 Å². The molecular weight excluding hydrogens is 392 g/mol. The number of aromatic nitrogens is 4. The van der Waals surface area contributed by atoms with Gasteiger partial charge in [0.2, 0.25) is 5.91 Å². The number of nitro groups is 1. The summed E-state index contributed by atoms with van der Waals surface area (Å²) in [7, 11) is 1.30. The number of carbonyl (C=O) groups excluding carboxylic acids is 1. The van der Waals surface area contributed by atoms with E-state index in [4.69, 9.17) is 9.47 Å². The van der Waals surface area contributed by atoms with Gasteiger partial charge in [-0.05, 0) is 24.1 Å². The smallest absolute Gasteiger partial charge is 0.350 e. The van der Waals surface area contributed by atoms with Gasteiger partial charge in [-0.2, -0.15) is 5.10 Å². The molecule has 2 aromatic heterocycles. The Morgan fingerprint density at radius 1 is 1.23 bits per heavy atom. The number of ether oxygens (including phenoxy) is 2. The van der Waals surface area contributed by atoms with E-state index in [9.17, 15) is 14.9 Å². The van der Waals surface area contributed by atoms with Crippen molar-refractivity contribution in [2.75, 3.05) is 12.4 Å². The van der Waals surface area contributed by atoms with Crippen LogP contribution in [-0.4, -0.2) is 37.5 Å². The number of amides is 1. The maximum Gasteiger partial charge on any atom is 0.350 e. The van der Waals surface area contributed by atoms with Crippen molar-refractivity contribution in [1.82, 2.24) is 19.6 Å². The van der Waals surface area contributed by atoms with Gasteiger partial charge in [0.15, 0.2) is 6.73 Å².